The fraction of sp³-hybridized carbons (Fsp3) is 0.500. The van der Waals surface area contributed by atoms with Crippen LogP contribution in [0.4, 0.5) is 9.59 Å². The van der Waals surface area contributed by atoms with Gasteiger partial charge in [0.25, 0.3) is 0 Å². The van der Waals surface area contributed by atoms with E-state index in [0.717, 1.165) is 42.7 Å². The fourth-order valence-electron chi connectivity index (χ4n) is 3.55. The second kappa shape index (κ2) is 9.94. The molecule has 0 atom stereocenters. The number of hydrogen-bond donors (Lipinski definition) is 2. The maximum atomic E-state index is 11.5. The lowest BCUT2D eigenvalue weighted by molar-refractivity contribution is 0.158. The van der Waals surface area contributed by atoms with Crippen molar-refractivity contribution in [3.8, 4) is 5.75 Å². The zero-order valence-corrected chi connectivity index (χ0v) is 17.8. The topological polar surface area (TPSA) is 121 Å². The average molecular weight is 438 g/mol. The predicted molar refractivity (Wildman–Crippen MR) is 116 cm³/mol. The highest BCUT2D eigenvalue weighted by Crippen LogP contribution is 2.56. The van der Waals surface area contributed by atoms with Gasteiger partial charge in [0.1, 0.15) is 22.8 Å². The third kappa shape index (κ3) is 4.59. The summed E-state index contributed by atoms with van der Waals surface area (Å²) >= 11 is 0. The van der Waals surface area contributed by atoms with Crippen molar-refractivity contribution in [1.29, 1.82) is 0 Å². The molecular weight excluding hydrogens is 410 g/mol. The standard InChI is InChI=1S/C20H27N3O6S/c1-2-29-22-18-9-6-15-14-16(7-8-17(15)18)28-13-5-3-4-11-23-12-10-21-30(23,19(24)25)20(26)27/h7-8,10,14H,2-6,9,11-13H2,1H3,(H,24,25)(H,26,27)/b22-18+. The summed E-state index contributed by atoms with van der Waals surface area (Å²) in [6, 6.07) is 6.00. The first kappa shape index (κ1) is 22.1. The van der Waals surface area contributed by atoms with Crippen LogP contribution in [0.15, 0.2) is 27.8 Å². The minimum Gasteiger partial charge on any atom is -0.494 e. The fourth-order valence-corrected chi connectivity index (χ4v) is 5.41. The molecule has 1 aliphatic carbocycles. The van der Waals surface area contributed by atoms with Gasteiger partial charge in [-0.2, -0.15) is 0 Å². The maximum absolute atomic E-state index is 11.5. The van der Waals surface area contributed by atoms with Crippen LogP contribution in [-0.4, -0.2) is 63.4 Å². The van der Waals surface area contributed by atoms with Crippen molar-refractivity contribution in [1.82, 2.24) is 4.31 Å². The van der Waals surface area contributed by atoms with Crippen LogP contribution in [0, 0.1) is 0 Å². The van der Waals surface area contributed by atoms with E-state index in [0.29, 0.717) is 26.2 Å². The number of oxime groups is 1. The Kier molecular flexibility index (Phi) is 7.33. The minimum atomic E-state index is -3.20. The third-order valence-corrected chi connectivity index (χ3v) is 7.52. The number of benzene rings is 1. The molecule has 1 aromatic rings. The Bertz CT molecular complexity index is 843. The highest BCUT2D eigenvalue weighted by Gasteiger charge is 2.48. The Morgan fingerprint density at radius 1 is 1.20 bits per heavy atom. The van der Waals surface area contributed by atoms with Crippen molar-refractivity contribution in [3.63, 3.8) is 0 Å². The third-order valence-electron chi connectivity index (χ3n) is 5.02. The Morgan fingerprint density at radius 2 is 2.00 bits per heavy atom. The summed E-state index contributed by atoms with van der Waals surface area (Å²) in [7, 11) is -3.20. The number of carbonyl (C=O) groups is 2. The normalized spacial score (nSPS) is 19.6. The van der Waals surface area contributed by atoms with Gasteiger partial charge in [-0.3, -0.25) is 0 Å². The van der Waals surface area contributed by atoms with E-state index in [1.807, 2.05) is 25.1 Å². The minimum absolute atomic E-state index is 0.258. The molecule has 0 bridgehead atoms. The first-order valence-corrected chi connectivity index (χ1v) is 11.6. The lowest BCUT2D eigenvalue weighted by atomic mass is 10.1. The van der Waals surface area contributed by atoms with Crippen molar-refractivity contribution in [2.45, 2.75) is 39.0 Å². The van der Waals surface area contributed by atoms with E-state index in [2.05, 4.69) is 9.55 Å². The zero-order chi connectivity index (χ0) is 21.6. The van der Waals surface area contributed by atoms with Gasteiger partial charge >= 0.3 is 10.6 Å². The number of nitrogens with zero attached hydrogens (tertiary/aromatic N) is 3. The molecule has 0 spiro atoms. The van der Waals surface area contributed by atoms with Gasteiger partial charge in [-0.05, 0) is 62.8 Å². The van der Waals surface area contributed by atoms with Gasteiger partial charge in [0, 0.05) is 24.9 Å². The Balaban J connectivity index is 1.41. The molecule has 1 aromatic carbocycles. The molecule has 3 rings (SSSR count). The quantitative estimate of drug-likeness (QED) is 0.436. The number of ether oxygens (including phenoxy) is 1. The van der Waals surface area contributed by atoms with Gasteiger partial charge < -0.3 is 19.8 Å². The van der Waals surface area contributed by atoms with Crippen LogP contribution in [0.1, 0.15) is 43.7 Å². The van der Waals surface area contributed by atoms with Crippen LogP contribution < -0.4 is 4.74 Å². The average Bonchev–Trinajstić information content (AvgIpc) is 3.33. The summed E-state index contributed by atoms with van der Waals surface area (Å²) < 4.78 is 11.1. The molecule has 30 heavy (non-hydrogen) atoms. The van der Waals surface area contributed by atoms with Crippen LogP contribution in [0.2, 0.25) is 0 Å². The van der Waals surface area contributed by atoms with Gasteiger partial charge in [0.05, 0.1) is 12.3 Å². The van der Waals surface area contributed by atoms with Crippen molar-refractivity contribution >= 4 is 32.9 Å². The first-order valence-electron chi connectivity index (χ1n) is 10.0. The van der Waals surface area contributed by atoms with Crippen molar-refractivity contribution < 1.29 is 29.4 Å². The summed E-state index contributed by atoms with van der Waals surface area (Å²) in [5, 5.41) is 20.1. The van der Waals surface area contributed by atoms with E-state index < -0.39 is 21.0 Å². The van der Waals surface area contributed by atoms with Gasteiger partial charge in [-0.15, -0.1) is 0 Å². The van der Waals surface area contributed by atoms with Crippen LogP contribution in [0.3, 0.4) is 0 Å². The SMILES string of the molecule is CCO/N=C1\CCc2cc(OCCCCCN3CC=NS3(C(=O)O)C(=O)O)ccc21. The Labute approximate surface area is 177 Å². The van der Waals surface area contributed by atoms with Crippen LogP contribution in [-0.2, 0) is 11.3 Å². The van der Waals surface area contributed by atoms with Gasteiger partial charge in [-0.1, -0.05) is 5.16 Å². The molecule has 0 amide bonds. The second-order valence-corrected chi connectivity index (χ2v) is 9.46. The zero-order valence-electron chi connectivity index (χ0n) is 17.0. The molecule has 0 saturated heterocycles. The van der Waals surface area contributed by atoms with Gasteiger partial charge in [0.15, 0.2) is 0 Å². The van der Waals surface area contributed by atoms with E-state index in [1.165, 1.54) is 16.1 Å². The molecule has 2 N–H and O–H groups in total. The van der Waals surface area contributed by atoms with Crippen molar-refractivity contribution in [3.05, 3.63) is 29.3 Å². The molecule has 10 heteroatoms. The number of unbranched alkanes of at least 4 members (excludes halogenated alkanes) is 2. The lowest BCUT2D eigenvalue weighted by Crippen LogP contribution is -2.33. The monoisotopic (exact) mass is 437 g/mol. The van der Waals surface area contributed by atoms with E-state index >= 15 is 0 Å². The van der Waals surface area contributed by atoms with Crippen molar-refractivity contribution in [2.24, 2.45) is 9.55 Å². The predicted octanol–water partition coefficient (Wildman–Crippen LogP) is 4.30. The molecule has 1 aliphatic heterocycles. The van der Waals surface area contributed by atoms with E-state index in [4.69, 9.17) is 9.57 Å². The van der Waals surface area contributed by atoms with Gasteiger partial charge in [0.2, 0.25) is 0 Å². The molecule has 0 radical (unpaired) electrons. The van der Waals surface area contributed by atoms with Crippen LogP contribution in [0.25, 0.3) is 0 Å². The van der Waals surface area contributed by atoms with Gasteiger partial charge in [-0.25, -0.2) is 18.3 Å². The summed E-state index contributed by atoms with van der Waals surface area (Å²) in [5.74, 6) is 0.819. The summed E-state index contributed by atoms with van der Waals surface area (Å²) in [5.41, 5.74) is 3.30. The number of aryl methyl sites for hydroxylation is 1. The Morgan fingerprint density at radius 3 is 2.73 bits per heavy atom. The van der Waals surface area contributed by atoms with E-state index in [9.17, 15) is 19.8 Å². The van der Waals surface area contributed by atoms with E-state index in [-0.39, 0.29) is 6.54 Å². The number of fused-ring (bicyclic) bond motifs is 1. The number of hydrogen-bond acceptors (Lipinski definition) is 7. The largest absolute Gasteiger partial charge is 0.494 e. The molecule has 9 nitrogen and oxygen atoms in total. The maximum Gasteiger partial charge on any atom is 0.389 e. The summed E-state index contributed by atoms with van der Waals surface area (Å²) in [4.78, 5) is 28.1. The summed E-state index contributed by atoms with van der Waals surface area (Å²) in [6.45, 7) is 3.65. The van der Waals surface area contributed by atoms with Crippen molar-refractivity contribution in [2.75, 3.05) is 26.3 Å². The molecule has 0 saturated carbocycles. The summed E-state index contributed by atoms with van der Waals surface area (Å²) in [6.07, 6.45) is 5.47. The lowest BCUT2D eigenvalue weighted by Gasteiger charge is -2.32. The highest BCUT2D eigenvalue weighted by molar-refractivity contribution is 8.52. The first-order chi connectivity index (χ1) is 14.5. The molecule has 2 aliphatic rings. The molecular formula is C20H27N3O6S. The molecule has 0 unspecified atom stereocenters. The van der Waals surface area contributed by atoms with Crippen LogP contribution >= 0.6 is 10.4 Å². The van der Waals surface area contributed by atoms with E-state index in [1.54, 1.807) is 0 Å². The molecule has 0 fully saturated rings. The highest BCUT2D eigenvalue weighted by atomic mass is 32.3. The smallest absolute Gasteiger partial charge is 0.389 e. The molecule has 164 valence electrons. The Hall–Kier alpha value is -2.59. The molecule has 0 aromatic heterocycles. The number of rotatable bonds is 9. The number of carboxylic acid groups (broad SMARTS) is 2. The molecule has 1 heterocycles. The van der Waals surface area contributed by atoms with Crippen LogP contribution in [0.5, 0.6) is 5.75 Å². The second-order valence-electron chi connectivity index (χ2n) is 6.94.